The van der Waals surface area contributed by atoms with E-state index in [1.54, 1.807) is 17.5 Å². The summed E-state index contributed by atoms with van der Waals surface area (Å²) in [6.07, 6.45) is -4.63. The maximum Gasteiger partial charge on any atom is 0.433 e. The molecule has 0 atom stereocenters. The van der Waals surface area contributed by atoms with Crippen molar-refractivity contribution in [2.75, 3.05) is 0 Å². The Labute approximate surface area is 124 Å². The van der Waals surface area contributed by atoms with Crippen LogP contribution in [0, 0.1) is 0 Å². The second-order valence-corrected chi connectivity index (χ2v) is 5.37. The number of hydrogen-bond acceptors (Lipinski definition) is 4. The molecule has 0 aliphatic rings. The first-order valence-electron chi connectivity index (χ1n) is 5.58. The van der Waals surface area contributed by atoms with Gasteiger partial charge in [0, 0.05) is 6.07 Å². The second-order valence-electron chi connectivity index (χ2n) is 4.07. The first-order chi connectivity index (χ1) is 9.86. The fraction of sp³-hybridized carbons (Fsp3) is 0.0833. The van der Waals surface area contributed by atoms with E-state index in [9.17, 15) is 18.0 Å². The third-order valence-corrected chi connectivity index (χ3v) is 3.78. The van der Waals surface area contributed by atoms with Gasteiger partial charge in [0.1, 0.15) is 5.69 Å². The lowest BCUT2D eigenvalue weighted by molar-refractivity contribution is -0.142. The number of carbonyl (C=O) groups excluding carboxylic acids is 1. The SMILES string of the molecule is O=C(Cl)c1cc2nc(-c3cccs3)cc(C(F)(F)F)n2n1. The fourth-order valence-electron chi connectivity index (χ4n) is 1.82. The van der Waals surface area contributed by atoms with Crippen molar-refractivity contribution in [1.82, 2.24) is 14.6 Å². The van der Waals surface area contributed by atoms with Crippen LogP contribution in [0.15, 0.2) is 29.6 Å². The third kappa shape index (κ3) is 2.52. The van der Waals surface area contributed by atoms with E-state index in [1.807, 2.05) is 0 Å². The monoisotopic (exact) mass is 331 g/mol. The highest BCUT2D eigenvalue weighted by atomic mass is 35.5. The van der Waals surface area contributed by atoms with Crippen LogP contribution in [-0.4, -0.2) is 19.8 Å². The lowest BCUT2D eigenvalue weighted by Crippen LogP contribution is -2.13. The van der Waals surface area contributed by atoms with Crippen LogP contribution in [0.2, 0.25) is 0 Å². The molecule has 0 aliphatic heterocycles. The molecule has 0 spiro atoms. The van der Waals surface area contributed by atoms with Crippen molar-refractivity contribution < 1.29 is 18.0 Å². The second kappa shape index (κ2) is 4.81. The highest BCUT2D eigenvalue weighted by Gasteiger charge is 2.35. The van der Waals surface area contributed by atoms with Crippen molar-refractivity contribution in [1.29, 1.82) is 0 Å². The van der Waals surface area contributed by atoms with Crippen LogP contribution in [0.5, 0.6) is 0 Å². The molecule has 0 aromatic carbocycles. The molecule has 21 heavy (non-hydrogen) atoms. The van der Waals surface area contributed by atoms with Crippen molar-refractivity contribution in [2.45, 2.75) is 6.18 Å². The summed E-state index contributed by atoms with van der Waals surface area (Å²) in [5.74, 6) is 0. The molecule has 0 fully saturated rings. The smallest absolute Gasteiger partial charge is 0.274 e. The van der Waals surface area contributed by atoms with Gasteiger partial charge in [-0.15, -0.1) is 11.3 Å². The predicted octanol–water partition coefficient (Wildman–Crippen LogP) is 3.86. The zero-order valence-corrected chi connectivity index (χ0v) is 11.6. The fourth-order valence-corrected chi connectivity index (χ4v) is 2.60. The van der Waals surface area contributed by atoms with E-state index in [-0.39, 0.29) is 17.0 Å². The van der Waals surface area contributed by atoms with Crippen molar-refractivity contribution in [3.05, 3.63) is 41.0 Å². The quantitative estimate of drug-likeness (QED) is 0.670. The predicted molar refractivity (Wildman–Crippen MR) is 71.5 cm³/mol. The number of hydrogen-bond donors (Lipinski definition) is 0. The molecule has 0 saturated carbocycles. The van der Waals surface area contributed by atoms with Crippen LogP contribution >= 0.6 is 22.9 Å². The van der Waals surface area contributed by atoms with Crippen LogP contribution in [-0.2, 0) is 6.18 Å². The molecule has 3 aromatic rings. The Morgan fingerprint density at radius 1 is 1.33 bits per heavy atom. The molecule has 3 heterocycles. The van der Waals surface area contributed by atoms with Crippen molar-refractivity contribution in [3.63, 3.8) is 0 Å². The molecule has 3 rings (SSSR count). The van der Waals surface area contributed by atoms with Gasteiger partial charge in [-0.1, -0.05) is 6.07 Å². The van der Waals surface area contributed by atoms with Crippen molar-refractivity contribution >= 4 is 33.8 Å². The Morgan fingerprint density at radius 3 is 2.67 bits per heavy atom. The summed E-state index contributed by atoms with van der Waals surface area (Å²) >= 11 is 6.52. The first-order valence-corrected chi connectivity index (χ1v) is 6.84. The molecular formula is C12H5ClF3N3OS. The van der Waals surface area contributed by atoms with E-state index in [2.05, 4.69) is 10.1 Å². The van der Waals surface area contributed by atoms with Gasteiger partial charge in [-0.3, -0.25) is 4.79 Å². The number of aromatic nitrogens is 3. The van der Waals surface area contributed by atoms with Crippen LogP contribution < -0.4 is 0 Å². The van der Waals surface area contributed by atoms with Gasteiger partial charge in [0.15, 0.2) is 11.3 Å². The Bertz CT molecular complexity index is 826. The molecule has 4 nitrogen and oxygen atoms in total. The van der Waals surface area contributed by atoms with Crippen LogP contribution in [0.4, 0.5) is 13.2 Å². The Hall–Kier alpha value is -1.93. The highest BCUT2D eigenvalue weighted by Crippen LogP contribution is 2.33. The molecule has 0 N–H and O–H groups in total. The van der Waals surface area contributed by atoms with E-state index in [4.69, 9.17) is 11.6 Å². The van der Waals surface area contributed by atoms with Crippen LogP contribution in [0.25, 0.3) is 16.2 Å². The van der Waals surface area contributed by atoms with Crippen molar-refractivity contribution in [3.8, 4) is 10.6 Å². The average Bonchev–Trinajstić information content (AvgIpc) is 3.05. The number of rotatable bonds is 2. The summed E-state index contributed by atoms with van der Waals surface area (Å²) in [5, 5.41) is 4.35. The third-order valence-electron chi connectivity index (χ3n) is 2.69. The van der Waals surface area contributed by atoms with Gasteiger partial charge in [0.05, 0.1) is 10.6 Å². The van der Waals surface area contributed by atoms with E-state index >= 15 is 0 Å². The summed E-state index contributed by atoms with van der Waals surface area (Å²) in [4.78, 5) is 15.8. The lowest BCUT2D eigenvalue weighted by atomic mass is 10.2. The number of nitrogens with zero attached hydrogens (tertiary/aromatic N) is 3. The van der Waals surface area contributed by atoms with Crippen molar-refractivity contribution in [2.24, 2.45) is 0 Å². The number of carbonyl (C=O) groups is 1. The largest absolute Gasteiger partial charge is 0.433 e. The standard InChI is InChI=1S/C12H5ClF3N3OS/c13-11(20)7-5-10-17-6(8-2-1-3-21-8)4-9(12(14,15)16)19(10)18-7/h1-5H. The van der Waals surface area contributed by atoms with Crippen LogP contribution in [0.3, 0.4) is 0 Å². The molecule has 108 valence electrons. The van der Waals surface area contributed by atoms with Gasteiger partial charge >= 0.3 is 6.18 Å². The Kier molecular flexibility index (Phi) is 3.22. The van der Waals surface area contributed by atoms with E-state index < -0.39 is 17.1 Å². The summed E-state index contributed by atoms with van der Waals surface area (Å²) in [5.41, 5.74) is -1.21. The molecule has 0 bridgehead atoms. The minimum absolute atomic E-state index is 0.0859. The number of halogens is 4. The van der Waals surface area contributed by atoms with Gasteiger partial charge in [-0.25, -0.2) is 9.50 Å². The maximum absolute atomic E-state index is 13.1. The summed E-state index contributed by atoms with van der Waals surface area (Å²) in [6, 6.07) is 5.40. The van der Waals surface area contributed by atoms with E-state index in [1.165, 1.54) is 11.3 Å². The van der Waals surface area contributed by atoms with Gasteiger partial charge in [-0.05, 0) is 29.1 Å². The summed E-state index contributed by atoms with van der Waals surface area (Å²) in [7, 11) is 0. The molecular weight excluding hydrogens is 327 g/mol. The molecule has 3 aromatic heterocycles. The molecule has 0 amide bonds. The van der Waals surface area contributed by atoms with Gasteiger partial charge in [-0.2, -0.15) is 18.3 Å². The minimum Gasteiger partial charge on any atom is -0.274 e. The average molecular weight is 332 g/mol. The van der Waals surface area contributed by atoms with E-state index in [0.29, 0.717) is 9.39 Å². The molecule has 9 heteroatoms. The minimum atomic E-state index is -4.63. The Morgan fingerprint density at radius 2 is 2.10 bits per heavy atom. The maximum atomic E-state index is 13.1. The van der Waals surface area contributed by atoms with Gasteiger partial charge < -0.3 is 0 Å². The zero-order chi connectivity index (χ0) is 15.2. The van der Waals surface area contributed by atoms with Gasteiger partial charge in [0.2, 0.25) is 0 Å². The lowest BCUT2D eigenvalue weighted by Gasteiger charge is -2.10. The summed E-state index contributed by atoms with van der Waals surface area (Å²) in [6.45, 7) is 0. The highest BCUT2D eigenvalue weighted by molar-refractivity contribution is 7.13. The molecule has 0 saturated heterocycles. The number of alkyl halides is 3. The number of thiophene rings is 1. The Balaban J connectivity index is 2.32. The topological polar surface area (TPSA) is 47.3 Å². The van der Waals surface area contributed by atoms with E-state index in [0.717, 1.165) is 12.1 Å². The van der Waals surface area contributed by atoms with Crippen LogP contribution in [0.1, 0.15) is 16.2 Å². The van der Waals surface area contributed by atoms with Gasteiger partial charge in [0.25, 0.3) is 5.24 Å². The molecule has 0 radical (unpaired) electrons. The summed E-state index contributed by atoms with van der Waals surface area (Å²) < 4.78 is 40.0. The zero-order valence-electron chi connectivity index (χ0n) is 10.1. The normalized spacial score (nSPS) is 12.0. The number of fused-ring (bicyclic) bond motifs is 1. The first kappa shape index (κ1) is 14.0. The molecule has 0 unspecified atom stereocenters. The molecule has 0 aliphatic carbocycles.